The highest BCUT2D eigenvalue weighted by molar-refractivity contribution is 7.99. The molecule has 1 saturated heterocycles. The van der Waals surface area contributed by atoms with Crippen molar-refractivity contribution in [3.63, 3.8) is 0 Å². The maximum atomic E-state index is 12.9. The molecule has 0 bridgehead atoms. The third kappa shape index (κ3) is 3.36. The maximum absolute atomic E-state index is 12.9. The third-order valence-electron chi connectivity index (χ3n) is 3.60. The fourth-order valence-electron chi connectivity index (χ4n) is 2.44. The topological polar surface area (TPSA) is 60.0 Å². The van der Waals surface area contributed by atoms with Gasteiger partial charge in [-0.15, -0.1) is 10.2 Å². The second-order valence-electron chi connectivity index (χ2n) is 5.08. The molecule has 3 rings (SSSR count). The SMILES string of the molecule is Nn1c(SCCN2CCCC2)nnc1-c1ccc(F)cc1. The van der Waals surface area contributed by atoms with E-state index in [1.54, 1.807) is 23.9 Å². The number of nitrogen functional groups attached to an aromatic ring is 1. The fourth-order valence-corrected chi connectivity index (χ4v) is 3.30. The van der Waals surface area contributed by atoms with E-state index in [0.29, 0.717) is 11.0 Å². The molecular formula is C14H18FN5S. The lowest BCUT2D eigenvalue weighted by molar-refractivity contribution is 0.362. The van der Waals surface area contributed by atoms with Crippen LogP contribution in [0.2, 0.25) is 0 Å². The van der Waals surface area contributed by atoms with Crippen molar-refractivity contribution < 1.29 is 4.39 Å². The normalized spacial score (nSPS) is 15.7. The van der Waals surface area contributed by atoms with E-state index in [-0.39, 0.29) is 5.82 Å². The largest absolute Gasteiger partial charge is 0.335 e. The Morgan fingerprint density at radius 1 is 1.14 bits per heavy atom. The van der Waals surface area contributed by atoms with Crippen LogP contribution < -0.4 is 5.84 Å². The second-order valence-corrected chi connectivity index (χ2v) is 6.14. The van der Waals surface area contributed by atoms with E-state index in [1.165, 1.54) is 42.7 Å². The van der Waals surface area contributed by atoms with Gasteiger partial charge in [-0.1, -0.05) is 11.8 Å². The van der Waals surface area contributed by atoms with Crippen LogP contribution in [-0.4, -0.2) is 45.2 Å². The van der Waals surface area contributed by atoms with E-state index < -0.39 is 0 Å². The minimum absolute atomic E-state index is 0.276. The molecule has 0 amide bonds. The molecule has 0 unspecified atom stereocenters. The van der Waals surface area contributed by atoms with Crippen molar-refractivity contribution in [3.05, 3.63) is 30.1 Å². The quantitative estimate of drug-likeness (QED) is 0.676. The maximum Gasteiger partial charge on any atom is 0.210 e. The van der Waals surface area contributed by atoms with Crippen LogP contribution in [0.5, 0.6) is 0 Å². The molecule has 0 radical (unpaired) electrons. The Kier molecular flexibility index (Phi) is 4.40. The van der Waals surface area contributed by atoms with Gasteiger partial charge in [-0.05, 0) is 50.2 Å². The van der Waals surface area contributed by atoms with E-state index >= 15 is 0 Å². The van der Waals surface area contributed by atoms with Crippen molar-refractivity contribution >= 4 is 11.8 Å². The van der Waals surface area contributed by atoms with Crippen molar-refractivity contribution in [2.45, 2.75) is 18.0 Å². The molecule has 1 aliphatic heterocycles. The Bertz CT molecular complexity index is 592. The molecule has 1 aliphatic rings. The van der Waals surface area contributed by atoms with Gasteiger partial charge in [-0.3, -0.25) is 0 Å². The third-order valence-corrected chi connectivity index (χ3v) is 4.53. The minimum atomic E-state index is -0.276. The zero-order chi connectivity index (χ0) is 14.7. The molecule has 112 valence electrons. The minimum Gasteiger partial charge on any atom is -0.335 e. The van der Waals surface area contributed by atoms with Gasteiger partial charge in [0.2, 0.25) is 5.16 Å². The Balaban J connectivity index is 1.63. The van der Waals surface area contributed by atoms with Crippen LogP contribution in [0, 0.1) is 5.82 Å². The lowest BCUT2D eigenvalue weighted by atomic mass is 10.2. The molecule has 1 aromatic heterocycles. The van der Waals surface area contributed by atoms with Crippen LogP contribution in [-0.2, 0) is 0 Å². The van der Waals surface area contributed by atoms with Gasteiger partial charge < -0.3 is 10.7 Å². The highest BCUT2D eigenvalue weighted by Crippen LogP contribution is 2.22. The summed E-state index contributed by atoms with van der Waals surface area (Å²) < 4.78 is 14.4. The van der Waals surface area contributed by atoms with Gasteiger partial charge in [0, 0.05) is 17.9 Å². The van der Waals surface area contributed by atoms with Crippen molar-refractivity contribution in [1.29, 1.82) is 0 Å². The first kappa shape index (κ1) is 14.3. The summed E-state index contributed by atoms with van der Waals surface area (Å²) in [6, 6.07) is 6.09. The van der Waals surface area contributed by atoms with Crippen LogP contribution in [0.15, 0.2) is 29.4 Å². The summed E-state index contributed by atoms with van der Waals surface area (Å²) in [5, 5.41) is 8.90. The van der Waals surface area contributed by atoms with Crippen LogP contribution in [0.4, 0.5) is 4.39 Å². The summed E-state index contributed by atoms with van der Waals surface area (Å²) >= 11 is 1.60. The molecule has 1 aromatic carbocycles. The molecule has 0 spiro atoms. The average Bonchev–Trinajstić information content (AvgIpc) is 3.11. The molecule has 2 N–H and O–H groups in total. The summed E-state index contributed by atoms with van der Waals surface area (Å²) in [5.41, 5.74) is 0.762. The van der Waals surface area contributed by atoms with Crippen molar-refractivity contribution in [3.8, 4) is 11.4 Å². The second kappa shape index (κ2) is 6.44. The molecule has 1 fully saturated rings. The Labute approximate surface area is 127 Å². The number of benzene rings is 1. The Morgan fingerprint density at radius 3 is 2.57 bits per heavy atom. The monoisotopic (exact) mass is 307 g/mol. The van der Waals surface area contributed by atoms with Gasteiger partial charge in [0.1, 0.15) is 5.82 Å². The molecule has 21 heavy (non-hydrogen) atoms. The van der Waals surface area contributed by atoms with Gasteiger partial charge >= 0.3 is 0 Å². The van der Waals surface area contributed by atoms with Gasteiger partial charge in [0.15, 0.2) is 5.82 Å². The van der Waals surface area contributed by atoms with Crippen LogP contribution in [0.25, 0.3) is 11.4 Å². The summed E-state index contributed by atoms with van der Waals surface area (Å²) in [7, 11) is 0. The fraction of sp³-hybridized carbons (Fsp3) is 0.429. The summed E-state index contributed by atoms with van der Waals surface area (Å²) in [4.78, 5) is 2.45. The predicted molar refractivity (Wildman–Crippen MR) is 82.0 cm³/mol. The number of nitrogens with zero attached hydrogens (tertiary/aromatic N) is 4. The van der Waals surface area contributed by atoms with Crippen molar-refractivity contribution in [1.82, 2.24) is 19.8 Å². The van der Waals surface area contributed by atoms with Gasteiger partial charge in [-0.2, -0.15) is 0 Å². The van der Waals surface area contributed by atoms with Gasteiger partial charge in [0.05, 0.1) is 0 Å². The first-order valence-electron chi connectivity index (χ1n) is 7.05. The van der Waals surface area contributed by atoms with E-state index in [2.05, 4.69) is 15.1 Å². The number of aromatic nitrogens is 3. The molecule has 5 nitrogen and oxygen atoms in total. The lowest BCUT2D eigenvalue weighted by Gasteiger charge is -2.13. The molecule has 0 atom stereocenters. The molecule has 2 heterocycles. The molecule has 2 aromatic rings. The number of halogens is 1. The van der Waals surface area contributed by atoms with E-state index in [1.807, 2.05) is 0 Å². The van der Waals surface area contributed by atoms with E-state index in [9.17, 15) is 4.39 Å². The van der Waals surface area contributed by atoms with Gasteiger partial charge in [0.25, 0.3) is 0 Å². The van der Waals surface area contributed by atoms with Crippen molar-refractivity contribution in [2.75, 3.05) is 31.2 Å². The number of thioether (sulfide) groups is 1. The van der Waals surface area contributed by atoms with E-state index in [4.69, 9.17) is 5.84 Å². The number of hydrogen-bond acceptors (Lipinski definition) is 5. The summed E-state index contributed by atoms with van der Waals surface area (Å²) in [6.45, 7) is 3.43. The molecular weight excluding hydrogens is 289 g/mol. The Morgan fingerprint density at radius 2 is 1.86 bits per heavy atom. The van der Waals surface area contributed by atoms with Crippen LogP contribution in [0.1, 0.15) is 12.8 Å². The average molecular weight is 307 g/mol. The van der Waals surface area contributed by atoms with Gasteiger partial charge in [-0.25, -0.2) is 9.07 Å². The molecule has 0 aliphatic carbocycles. The molecule has 7 heteroatoms. The first-order chi connectivity index (χ1) is 10.2. The Hall–Kier alpha value is -1.60. The van der Waals surface area contributed by atoms with Crippen LogP contribution in [0.3, 0.4) is 0 Å². The summed E-state index contributed by atoms with van der Waals surface area (Å²) in [5.74, 6) is 7.25. The van der Waals surface area contributed by atoms with Crippen molar-refractivity contribution in [2.24, 2.45) is 0 Å². The number of rotatable bonds is 5. The zero-order valence-electron chi connectivity index (χ0n) is 11.7. The molecule has 0 saturated carbocycles. The highest BCUT2D eigenvalue weighted by Gasteiger charge is 2.14. The zero-order valence-corrected chi connectivity index (χ0v) is 12.5. The van der Waals surface area contributed by atoms with E-state index in [0.717, 1.165) is 17.9 Å². The number of likely N-dealkylation sites (tertiary alicyclic amines) is 1. The predicted octanol–water partition coefficient (Wildman–Crippen LogP) is 1.99. The van der Waals surface area contributed by atoms with Crippen LogP contribution >= 0.6 is 11.8 Å². The smallest absolute Gasteiger partial charge is 0.210 e. The standard InChI is InChI=1S/C14H18FN5S/c15-12-5-3-11(4-6-12)13-17-18-14(20(13)16)21-10-9-19-7-1-2-8-19/h3-6H,1-2,7-10,16H2. The highest BCUT2D eigenvalue weighted by atomic mass is 32.2. The first-order valence-corrected chi connectivity index (χ1v) is 8.04. The number of hydrogen-bond donors (Lipinski definition) is 1. The number of nitrogens with two attached hydrogens (primary N) is 1. The lowest BCUT2D eigenvalue weighted by Crippen LogP contribution is -2.22. The summed E-state index contributed by atoms with van der Waals surface area (Å²) in [6.07, 6.45) is 2.60.